The van der Waals surface area contributed by atoms with Crippen molar-refractivity contribution < 1.29 is 14.3 Å². The Labute approximate surface area is 267 Å². The van der Waals surface area contributed by atoms with Gasteiger partial charge in [-0.15, -0.1) is 0 Å². The lowest BCUT2D eigenvalue weighted by Crippen LogP contribution is -2.40. The molecule has 11 heteroatoms. The van der Waals surface area contributed by atoms with Crippen LogP contribution in [0.4, 0.5) is 22.0 Å². The molecule has 2 N–H and O–H groups in total. The molecule has 0 aliphatic carbocycles. The van der Waals surface area contributed by atoms with Crippen molar-refractivity contribution in [3.05, 3.63) is 108 Å². The van der Waals surface area contributed by atoms with E-state index in [2.05, 4.69) is 26.7 Å². The van der Waals surface area contributed by atoms with Gasteiger partial charge in [-0.25, -0.2) is 14.8 Å². The molecule has 0 atom stereocenters. The van der Waals surface area contributed by atoms with Gasteiger partial charge in [0.05, 0.1) is 37.0 Å². The maximum atomic E-state index is 13.4. The number of nitrogens with one attached hydrogen (secondary N) is 2. The van der Waals surface area contributed by atoms with E-state index in [0.29, 0.717) is 56.5 Å². The van der Waals surface area contributed by atoms with E-state index in [-0.39, 0.29) is 18.4 Å². The molecule has 0 unspecified atom stereocenters. The number of rotatable bonds is 9. The Hall–Kier alpha value is -5.73. The van der Waals surface area contributed by atoms with Crippen molar-refractivity contribution in [2.75, 3.05) is 43.5 Å². The summed E-state index contributed by atoms with van der Waals surface area (Å²) in [5, 5.41) is 15.6. The van der Waals surface area contributed by atoms with Gasteiger partial charge in [-0.3, -0.25) is 4.79 Å². The number of aromatic nitrogens is 3. The van der Waals surface area contributed by atoms with E-state index >= 15 is 0 Å². The molecule has 232 valence electrons. The van der Waals surface area contributed by atoms with E-state index in [1.165, 1.54) is 0 Å². The smallest absolute Gasteiger partial charge is 0.322 e. The number of nitriles is 1. The molecule has 4 heterocycles. The van der Waals surface area contributed by atoms with Crippen LogP contribution >= 0.6 is 0 Å². The highest BCUT2D eigenvalue weighted by Crippen LogP contribution is 2.32. The lowest BCUT2D eigenvalue weighted by atomic mass is 10.00. The standard InChI is InChI=1S/C35H34N8O3/c1-25-29(9-5-10-30(25)40-35(45)43(15-6-13-36)23-26-7-3-2-4-8-26)28-21-31(33-37-14-16-42(33)24-28)39-32-12-11-27(22-38-32)34(44)41-17-19-46-20-18-41/h2-5,7-12,14,16,21-22,24H,6,15,17-20,23H2,1H3,(H,38,39)(H,40,45). The van der Waals surface area contributed by atoms with E-state index in [1.807, 2.05) is 78.3 Å². The maximum Gasteiger partial charge on any atom is 0.322 e. The second-order valence-corrected chi connectivity index (χ2v) is 11.0. The molecule has 11 nitrogen and oxygen atoms in total. The van der Waals surface area contributed by atoms with Crippen LogP contribution in [-0.2, 0) is 11.3 Å². The number of urea groups is 1. The van der Waals surface area contributed by atoms with Gasteiger partial charge in [-0.05, 0) is 47.9 Å². The van der Waals surface area contributed by atoms with Gasteiger partial charge in [-0.1, -0.05) is 42.5 Å². The number of carbonyl (C=O) groups is 2. The zero-order valence-electron chi connectivity index (χ0n) is 25.5. The summed E-state index contributed by atoms with van der Waals surface area (Å²) in [6.45, 7) is 4.91. The van der Waals surface area contributed by atoms with Crippen LogP contribution in [0.3, 0.4) is 0 Å². The lowest BCUT2D eigenvalue weighted by Gasteiger charge is -2.26. The first kappa shape index (κ1) is 30.3. The highest BCUT2D eigenvalue weighted by atomic mass is 16.5. The summed E-state index contributed by atoms with van der Waals surface area (Å²) in [6, 6.07) is 22.9. The minimum absolute atomic E-state index is 0.0595. The van der Waals surface area contributed by atoms with Crippen molar-refractivity contribution >= 4 is 34.8 Å². The number of amides is 3. The molecule has 1 saturated heterocycles. The molecule has 6 rings (SSSR count). The van der Waals surface area contributed by atoms with Crippen molar-refractivity contribution in [3.63, 3.8) is 0 Å². The minimum atomic E-state index is -0.270. The number of morpholine rings is 1. The van der Waals surface area contributed by atoms with Crippen molar-refractivity contribution in [2.45, 2.75) is 19.9 Å². The Morgan fingerprint density at radius 3 is 2.61 bits per heavy atom. The van der Waals surface area contributed by atoms with Gasteiger partial charge >= 0.3 is 6.03 Å². The topological polar surface area (TPSA) is 128 Å². The monoisotopic (exact) mass is 614 g/mol. The molecule has 1 fully saturated rings. The van der Waals surface area contributed by atoms with E-state index in [0.717, 1.165) is 33.6 Å². The average Bonchev–Trinajstić information content (AvgIpc) is 3.58. The van der Waals surface area contributed by atoms with Crippen LogP contribution in [0.15, 0.2) is 91.5 Å². The molecule has 5 aromatic rings. The lowest BCUT2D eigenvalue weighted by molar-refractivity contribution is 0.0302. The third kappa shape index (κ3) is 6.82. The molecule has 46 heavy (non-hydrogen) atoms. The highest BCUT2D eigenvalue weighted by Gasteiger charge is 2.20. The summed E-state index contributed by atoms with van der Waals surface area (Å²) in [5.41, 5.74) is 6.38. The van der Waals surface area contributed by atoms with E-state index < -0.39 is 0 Å². The highest BCUT2D eigenvalue weighted by molar-refractivity contribution is 5.94. The molecular weight excluding hydrogens is 580 g/mol. The Bertz CT molecular complexity index is 1880. The zero-order valence-corrected chi connectivity index (χ0v) is 25.5. The van der Waals surface area contributed by atoms with E-state index in [9.17, 15) is 14.9 Å². The molecule has 0 bridgehead atoms. The summed E-state index contributed by atoms with van der Waals surface area (Å²) in [4.78, 5) is 38.8. The van der Waals surface area contributed by atoms with Gasteiger partial charge in [0, 0.05) is 62.2 Å². The molecule has 3 amide bonds. The summed E-state index contributed by atoms with van der Waals surface area (Å²) in [7, 11) is 0. The van der Waals surface area contributed by atoms with Crippen molar-refractivity contribution in [3.8, 4) is 17.2 Å². The molecule has 1 aliphatic rings. The van der Waals surface area contributed by atoms with Crippen LogP contribution in [0, 0.1) is 18.3 Å². The van der Waals surface area contributed by atoms with Crippen LogP contribution in [0.2, 0.25) is 0 Å². The van der Waals surface area contributed by atoms with Crippen molar-refractivity contribution in [1.82, 2.24) is 24.2 Å². The maximum absolute atomic E-state index is 13.4. The first-order chi connectivity index (χ1) is 22.5. The molecule has 0 saturated carbocycles. The second-order valence-electron chi connectivity index (χ2n) is 11.0. The molecule has 1 aliphatic heterocycles. The largest absolute Gasteiger partial charge is 0.378 e. The number of anilines is 3. The predicted molar refractivity (Wildman–Crippen MR) is 176 cm³/mol. The number of carbonyl (C=O) groups excluding carboxylic acids is 2. The van der Waals surface area contributed by atoms with E-state index in [1.54, 1.807) is 34.3 Å². The fourth-order valence-corrected chi connectivity index (χ4v) is 5.47. The number of nitrogens with zero attached hydrogens (tertiary/aromatic N) is 6. The Morgan fingerprint density at radius 2 is 1.85 bits per heavy atom. The van der Waals surface area contributed by atoms with Crippen molar-refractivity contribution in [1.29, 1.82) is 5.26 Å². The first-order valence-electron chi connectivity index (χ1n) is 15.1. The summed E-state index contributed by atoms with van der Waals surface area (Å²) >= 11 is 0. The van der Waals surface area contributed by atoms with Crippen LogP contribution in [0.25, 0.3) is 16.8 Å². The normalized spacial score (nSPS) is 12.8. The van der Waals surface area contributed by atoms with E-state index in [4.69, 9.17) is 4.74 Å². The van der Waals surface area contributed by atoms with Crippen LogP contribution in [-0.4, -0.2) is 69.0 Å². The fourth-order valence-electron chi connectivity index (χ4n) is 5.47. The van der Waals surface area contributed by atoms with Gasteiger partial charge < -0.3 is 29.6 Å². The van der Waals surface area contributed by atoms with Gasteiger partial charge in [-0.2, -0.15) is 5.26 Å². The van der Waals surface area contributed by atoms with Crippen molar-refractivity contribution in [2.24, 2.45) is 0 Å². The second kappa shape index (κ2) is 13.9. The summed E-state index contributed by atoms with van der Waals surface area (Å²) in [6.07, 6.45) is 7.42. The first-order valence-corrected chi connectivity index (χ1v) is 15.1. The van der Waals surface area contributed by atoms with Gasteiger partial charge in [0.1, 0.15) is 5.82 Å². The SMILES string of the molecule is Cc1c(NC(=O)N(CCC#N)Cc2ccccc2)cccc1-c1cc(Nc2ccc(C(=O)N3CCOCC3)cn2)c2nccn2c1. The third-order valence-corrected chi connectivity index (χ3v) is 7.94. The number of ether oxygens (including phenoxy) is 1. The molecule has 0 radical (unpaired) electrons. The number of benzene rings is 2. The molecular formula is C35H34N8O3. The van der Waals surface area contributed by atoms with Crippen LogP contribution < -0.4 is 10.6 Å². The molecule has 0 spiro atoms. The zero-order chi connectivity index (χ0) is 31.9. The third-order valence-electron chi connectivity index (χ3n) is 7.94. The minimum Gasteiger partial charge on any atom is -0.378 e. The Balaban J connectivity index is 1.23. The molecule has 2 aromatic carbocycles. The number of pyridine rings is 2. The Morgan fingerprint density at radius 1 is 1.02 bits per heavy atom. The summed E-state index contributed by atoms with van der Waals surface area (Å²) in [5.74, 6) is 0.518. The number of imidazole rings is 1. The van der Waals surface area contributed by atoms with Crippen LogP contribution in [0.1, 0.15) is 27.9 Å². The van der Waals surface area contributed by atoms with Crippen LogP contribution in [0.5, 0.6) is 0 Å². The van der Waals surface area contributed by atoms with Gasteiger partial charge in [0.15, 0.2) is 5.65 Å². The quantitative estimate of drug-likeness (QED) is 0.213. The number of hydrogen-bond donors (Lipinski definition) is 2. The Kier molecular flexibility index (Phi) is 9.17. The number of hydrogen-bond acceptors (Lipinski definition) is 7. The fraction of sp³-hybridized carbons (Fsp3) is 0.229. The average molecular weight is 615 g/mol. The van der Waals surface area contributed by atoms with Gasteiger partial charge in [0.2, 0.25) is 0 Å². The molecule has 3 aromatic heterocycles. The summed E-state index contributed by atoms with van der Waals surface area (Å²) < 4.78 is 7.29. The predicted octanol–water partition coefficient (Wildman–Crippen LogP) is 5.87. The number of fused-ring (bicyclic) bond motifs is 1. The van der Waals surface area contributed by atoms with Gasteiger partial charge in [0.25, 0.3) is 5.91 Å².